The molecule has 2 heterocycles. The van der Waals surface area contributed by atoms with E-state index in [1.165, 1.54) is 0 Å². The SMILES string of the molecule is COC(=O)c1ccc2c(c1)C1(C(F)(F)F)Nc3ccc(C(=O)OC)cc3C(C(F)(F)F)(N2)O1. The van der Waals surface area contributed by atoms with Crippen molar-refractivity contribution < 1.29 is 50.1 Å². The van der Waals surface area contributed by atoms with Crippen LogP contribution in [0.1, 0.15) is 31.8 Å². The Kier molecular flexibility index (Phi) is 4.82. The second kappa shape index (κ2) is 7.01. The molecule has 2 aromatic rings. The molecule has 0 saturated carbocycles. The van der Waals surface area contributed by atoms with Gasteiger partial charge in [-0.2, -0.15) is 26.3 Å². The number of methoxy groups -OCH3 is 2. The summed E-state index contributed by atoms with van der Waals surface area (Å²) in [5.74, 6) is -2.00. The molecule has 2 unspecified atom stereocenters. The Hall–Kier alpha value is -3.48. The minimum absolute atomic E-state index is 0.335. The zero-order valence-electron chi connectivity index (χ0n) is 16.8. The number of anilines is 2. The fourth-order valence-corrected chi connectivity index (χ4v) is 3.85. The highest BCUT2D eigenvalue weighted by Crippen LogP contribution is 2.61. The molecule has 2 aromatic carbocycles. The molecule has 2 N–H and O–H groups in total. The standard InChI is InChI=1S/C20H14F6N2O5/c1-31-15(29)9-3-5-13-11(7-9)17(19(21,22)23)28-14-6-4-10(16(30)32-2)8-12(14)18(27-13,33-17)20(24,25)26/h3-8,27-28H,1-2H3. The molecule has 176 valence electrons. The van der Waals surface area contributed by atoms with Crippen molar-refractivity contribution in [3.63, 3.8) is 0 Å². The van der Waals surface area contributed by atoms with E-state index in [-0.39, 0.29) is 11.1 Å². The molecule has 0 radical (unpaired) electrons. The highest BCUT2D eigenvalue weighted by molar-refractivity contribution is 5.92. The highest BCUT2D eigenvalue weighted by atomic mass is 19.4. The molecule has 2 bridgehead atoms. The molecular formula is C20H14F6N2O5. The van der Waals surface area contributed by atoms with E-state index in [4.69, 9.17) is 4.74 Å². The van der Waals surface area contributed by atoms with Crippen molar-refractivity contribution in [1.29, 1.82) is 0 Å². The number of carbonyl (C=O) groups excluding carboxylic acids is 2. The molecule has 2 aliphatic heterocycles. The Bertz CT molecular complexity index is 1080. The van der Waals surface area contributed by atoms with Crippen LogP contribution >= 0.6 is 0 Å². The summed E-state index contributed by atoms with van der Waals surface area (Å²) in [7, 11) is 2.00. The summed E-state index contributed by atoms with van der Waals surface area (Å²) in [6.45, 7) is 0. The van der Waals surface area contributed by atoms with E-state index >= 15 is 0 Å². The lowest BCUT2D eigenvalue weighted by molar-refractivity contribution is -0.369. The third-order valence-corrected chi connectivity index (χ3v) is 5.37. The fourth-order valence-electron chi connectivity index (χ4n) is 3.85. The van der Waals surface area contributed by atoms with E-state index in [9.17, 15) is 35.9 Å². The topological polar surface area (TPSA) is 85.9 Å². The Morgan fingerprint density at radius 2 is 1.12 bits per heavy atom. The number of alkyl halides is 6. The van der Waals surface area contributed by atoms with Crippen LogP contribution in [0.3, 0.4) is 0 Å². The number of fused-ring (bicyclic) bond motifs is 6. The van der Waals surface area contributed by atoms with Crippen LogP contribution in [-0.4, -0.2) is 38.5 Å². The molecule has 33 heavy (non-hydrogen) atoms. The molecule has 0 saturated heterocycles. The van der Waals surface area contributed by atoms with Gasteiger partial charge in [0.05, 0.1) is 25.3 Å². The Morgan fingerprint density at radius 1 is 0.758 bits per heavy atom. The number of rotatable bonds is 2. The van der Waals surface area contributed by atoms with Gasteiger partial charge in [0.1, 0.15) is 0 Å². The number of hydrogen-bond donors (Lipinski definition) is 2. The first-order valence-corrected chi connectivity index (χ1v) is 9.15. The van der Waals surface area contributed by atoms with Crippen molar-refractivity contribution in [3.8, 4) is 0 Å². The quantitative estimate of drug-likeness (QED) is 0.495. The van der Waals surface area contributed by atoms with E-state index in [0.717, 1.165) is 50.6 Å². The van der Waals surface area contributed by atoms with Gasteiger partial charge in [-0.15, -0.1) is 0 Å². The van der Waals surface area contributed by atoms with Crippen LogP contribution < -0.4 is 10.6 Å². The van der Waals surface area contributed by atoms with Crippen LogP contribution in [0.2, 0.25) is 0 Å². The van der Waals surface area contributed by atoms with Crippen LogP contribution in [0, 0.1) is 0 Å². The first-order chi connectivity index (χ1) is 15.3. The predicted molar refractivity (Wildman–Crippen MR) is 99.4 cm³/mol. The highest BCUT2D eigenvalue weighted by Gasteiger charge is 2.74. The fraction of sp³-hybridized carbons (Fsp3) is 0.300. The second-order valence-corrected chi connectivity index (χ2v) is 7.21. The van der Waals surface area contributed by atoms with Gasteiger partial charge in [0.2, 0.25) is 0 Å². The number of nitrogens with one attached hydrogen (secondary N) is 2. The van der Waals surface area contributed by atoms with E-state index in [2.05, 4.69) is 9.47 Å². The summed E-state index contributed by atoms with van der Waals surface area (Å²) in [5, 5.41) is 4.02. The summed E-state index contributed by atoms with van der Waals surface area (Å²) < 4.78 is 100. The number of carbonyl (C=O) groups is 2. The maximum atomic E-state index is 14.4. The van der Waals surface area contributed by atoms with Gasteiger partial charge < -0.3 is 24.8 Å². The van der Waals surface area contributed by atoms with Crippen molar-refractivity contribution >= 4 is 23.3 Å². The minimum Gasteiger partial charge on any atom is -0.465 e. The lowest BCUT2D eigenvalue weighted by Crippen LogP contribution is -2.67. The monoisotopic (exact) mass is 476 g/mol. The van der Waals surface area contributed by atoms with E-state index in [0.29, 0.717) is 0 Å². The maximum absolute atomic E-state index is 14.4. The average molecular weight is 476 g/mol. The van der Waals surface area contributed by atoms with Gasteiger partial charge in [-0.1, -0.05) is 0 Å². The number of esters is 2. The number of halogens is 6. The molecule has 7 nitrogen and oxygen atoms in total. The summed E-state index contributed by atoms with van der Waals surface area (Å²) in [5.41, 5.74) is -10.8. The molecule has 0 amide bonds. The van der Waals surface area contributed by atoms with Gasteiger partial charge in [-0.25, -0.2) is 9.59 Å². The number of ether oxygens (including phenoxy) is 3. The van der Waals surface area contributed by atoms with Crippen LogP contribution in [0.5, 0.6) is 0 Å². The Morgan fingerprint density at radius 3 is 1.42 bits per heavy atom. The Labute approximate surface area is 181 Å². The van der Waals surface area contributed by atoms with Crippen LogP contribution in [0.4, 0.5) is 37.7 Å². The van der Waals surface area contributed by atoms with Crippen molar-refractivity contribution in [1.82, 2.24) is 0 Å². The molecule has 2 aliphatic rings. The summed E-state index contributed by atoms with van der Waals surface area (Å²) >= 11 is 0. The van der Waals surface area contributed by atoms with Gasteiger partial charge in [-0.3, -0.25) is 0 Å². The van der Waals surface area contributed by atoms with Gasteiger partial charge in [0.25, 0.3) is 11.4 Å². The molecule has 0 aliphatic carbocycles. The third-order valence-electron chi connectivity index (χ3n) is 5.37. The van der Waals surface area contributed by atoms with Crippen LogP contribution in [0.15, 0.2) is 36.4 Å². The first-order valence-electron chi connectivity index (χ1n) is 9.15. The average Bonchev–Trinajstić information content (AvgIpc) is 2.76. The molecule has 0 fully saturated rings. The van der Waals surface area contributed by atoms with Crippen LogP contribution in [-0.2, 0) is 25.7 Å². The second-order valence-electron chi connectivity index (χ2n) is 7.21. The zero-order valence-corrected chi connectivity index (χ0v) is 16.8. The molecule has 13 heteroatoms. The molecule has 4 rings (SSSR count). The summed E-state index contributed by atoms with van der Waals surface area (Å²) in [6.07, 6.45) is -10.8. The van der Waals surface area contributed by atoms with Crippen molar-refractivity contribution in [2.45, 2.75) is 23.8 Å². The summed E-state index contributed by atoms with van der Waals surface area (Å²) in [4.78, 5) is 23.7. The zero-order chi connectivity index (χ0) is 24.4. The Balaban J connectivity index is 2.05. The largest absolute Gasteiger partial charge is 0.465 e. The molecule has 0 aromatic heterocycles. The lowest BCUT2D eigenvalue weighted by Gasteiger charge is -2.54. The predicted octanol–water partition coefficient (Wildman–Crippen LogP) is 4.26. The summed E-state index contributed by atoms with van der Waals surface area (Å²) in [6, 6.07) is 5.28. The molecular weight excluding hydrogens is 462 g/mol. The smallest absolute Gasteiger partial charge is 0.441 e. The first kappa shape index (κ1) is 22.7. The maximum Gasteiger partial charge on any atom is 0.441 e. The van der Waals surface area contributed by atoms with Crippen LogP contribution in [0.25, 0.3) is 0 Å². The van der Waals surface area contributed by atoms with Gasteiger partial charge in [0.15, 0.2) is 0 Å². The van der Waals surface area contributed by atoms with E-state index in [1.807, 2.05) is 10.6 Å². The lowest BCUT2D eigenvalue weighted by atomic mass is 9.85. The van der Waals surface area contributed by atoms with Crippen molar-refractivity contribution in [3.05, 3.63) is 58.7 Å². The van der Waals surface area contributed by atoms with Crippen molar-refractivity contribution in [2.75, 3.05) is 24.9 Å². The normalized spacial score (nSPS) is 23.4. The number of hydrogen-bond acceptors (Lipinski definition) is 7. The van der Waals surface area contributed by atoms with Crippen molar-refractivity contribution in [2.24, 2.45) is 0 Å². The van der Waals surface area contributed by atoms with Gasteiger partial charge in [0, 0.05) is 22.5 Å². The molecule has 2 atom stereocenters. The number of benzene rings is 2. The van der Waals surface area contributed by atoms with E-state index < -0.39 is 58.2 Å². The third kappa shape index (κ3) is 3.09. The minimum atomic E-state index is -5.42. The van der Waals surface area contributed by atoms with Gasteiger partial charge in [-0.05, 0) is 36.4 Å². The van der Waals surface area contributed by atoms with E-state index in [1.54, 1.807) is 0 Å². The molecule has 0 spiro atoms. The van der Waals surface area contributed by atoms with Gasteiger partial charge >= 0.3 is 24.3 Å².